The highest BCUT2D eigenvalue weighted by Crippen LogP contribution is 2.07. The maximum Gasteiger partial charge on any atom is 0.317 e. The molecule has 0 heterocycles. The maximum absolute atomic E-state index is 11.8. The van der Waals surface area contributed by atoms with Gasteiger partial charge in [-0.1, -0.05) is 13.3 Å². The quantitative estimate of drug-likeness (QED) is 0.605. The minimum Gasteiger partial charge on any atom is -0.481 e. The second-order valence-corrected chi connectivity index (χ2v) is 4.57. The number of aliphatic hydroxyl groups excluding tert-OH is 1. The first kappa shape index (κ1) is 16.7. The highest BCUT2D eigenvalue weighted by molar-refractivity contribution is 5.74. The summed E-state index contributed by atoms with van der Waals surface area (Å²) >= 11 is 0. The first-order chi connectivity index (χ1) is 8.42. The molecule has 6 heteroatoms. The van der Waals surface area contributed by atoms with Crippen LogP contribution < -0.4 is 5.32 Å². The Labute approximate surface area is 108 Å². The van der Waals surface area contributed by atoms with Gasteiger partial charge in [0.15, 0.2) is 0 Å². The van der Waals surface area contributed by atoms with Gasteiger partial charge in [-0.05, 0) is 19.8 Å². The third-order valence-corrected chi connectivity index (χ3v) is 2.81. The largest absolute Gasteiger partial charge is 0.481 e. The van der Waals surface area contributed by atoms with Crippen LogP contribution in [0.25, 0.3) is 0 Å². The fourth-order valence-electron chi connectivity index (χ4n) is 1.64. The Morgan fingerprint density at radius 3 is 2.33 bits per heavy atom. The molecule has 0 rings (SSSR count). The second kappa shape index (κ2) is 8.74. The van der Waals surface area contributed by atoms with Crippen molar-refractivity contribution in [3.05, 3.63) is 0 Å². The Morgan fingerprint density at radius 2 is 1.94 bits per heavy atom. The van der Waals surface area contributed by atoms with E-state index in [4.69, 9.17) is 10.2 Å². The molecule has 106 valence electrons. The molecule has 1 unspecified atom stereocenters. The summed E-state index contributed by atoms with van der Waals surface area (Å²) in [6, 6.07) is -0.264. The zero-order chi connectivity index (χ0) is 14.1. The Kier molecular flexibility index (Phi) is 8.11. The molecule has 0 bridgehead atoms. The maximum atomic E-state index is 11.8. The number of carbonyl (C=O) groups is 2. The SMILES string of the molecule is CCC(CNC(=O)N(CCO)C(C)C)CC(=O)O. The van der Waals surface area contributed by atoms with Crippen molar-refractivity contribution in [1.29, 1.82) is 0 Å². The van der Waals surface area contributed by atoms with Crippen molar-refractivity contribution >= 4 is 12.0 Å². The lowest BCUT2D eigenvalue weighted by atomic mass is 10.0. The number of carboxylic acids is 1. The predicted molar refractivity (Wildman–Crippen MR) is 68.4 cm³/mol. The molecule has 18 heavy (non-hydrogen) atoms. The van der Waals surface area contributed by atoms with Gasteiger partial charge in [0, 0.05) is 25.6 Å². The van der Waals surface area contributed by atoms with Gasteiger partial charge in [-0.3, -0.25) is 4.79 Å². The summed E-state index contributed by atoms with van der Waals surface area (Å²) in [6.45, 7) is 6.16. The molecule has 0 aliphatic rings. The van der Waals surface area contributed by atoms with Crippen molar-refractivity contribution in [3.8, 4) is 0 Å². The number of aliphatic carboxylic acids is 1. The molecule has 0 spiro atoms. The van der Waals surface area contributed by atoms with Gasteiger partial charge < -0.3 is 20.4 Å². The van der Waals surface area contributed by atoms with E-state index in [1.807, 2.05) is 20.8 Å². The lowest BCUT2D eigenvalue weighted by molar-refractivity contribution is -0.138. The highest BCUT2D eigenvalue weighted by Gasteiger charge is 2.18. The average Bonchev–Trinajstić information content (AvgIpc) is 2.30. The van der Waals surface area contributed by atoms with Crippen molar-refractivity contribution in [2.24, 2.45) is 5.92 Å². The van der Waals surface area contributed by atoms with Gasteiger partial charge >= 0.3 is 12.0 Å². The van der Waals surface area contributed by atoms with Gasteiger partial charge in [0.1, 0.15) is 0 Å². The number of carbonyl (C=O) groups excluding carboxylic acids is 1. The lowest BCUT2D eigenvalue weighted by Gasteiger charge is -2.27. The summed E-state index contributed by atoms with van der Waals surface area (Å²) in [5.41, 5.74) is 0. The van der Waals surface area contributed by atoms with E-state index in [0.717, 1.165) is 0 Å². The Morgan fingerprint density at radius 1 is 1.33 bits per heavy atom. The van der Waals surface area contributed by atoms with Gasteiger partial charge in [-0.2, -0.15) is 0 Å². The van der Waals surface area contributed by atoms with Crippen LogP contribution >= 0.6 is 0 Å². The molecular formula is C12H24N2O4. The minimum atomic E-state index is -0.854. The predicted octanol–water partition coefficient (Wildman–Crippen LogP) is 0.900. The number of hydrogen-bond donors (Lipinski definition) is 3. The van der Waals surface area contributed by atoms with Crippen LogP contribution in [0.2, 0.25) is 0 Å². The van der Waals surface area contributed by atoms with Crippen LogP contribution in [-0.2, 0) is 4.79 Å². The molecule has 0 saturated heterocycles. The van der Waals surface area contributed by atoms with Crippen molar-refractivity contribution in [1.82, 2.24) is 10.2 Å². The number of urea groups is 1. The Bertz CT molecular complexity index is 269. The summed E-state index contributed by atoms with van der Waals surface area (Å²) < 4.78 is 0. The van der Waals surface area contributed by atoms with Crippen LogP contribution in [-0.4, -0.2) is 52.9 Å². The normalized spacial score (nSPS) is 12.3. The first-order valence-corrected chi connectivity index (χ1v) is 6.29. The number of carboxylic acid groups (broad SMARTS) is 1. The van der Waals surface area contributed by atoms with Crippen LogP contribution in [0.4, 0.5) is 4.79 Å². The Balaban J connectivity index is 4.23. The van der Waals surface area contributed by atoms with Crippen LogP contribution in [0, 0.1) is 5.92 Å². The summed E-state index contributed by atoms with van der Waals surface area (Å²) in [6.07, 6.45) is 0.757. The van der Waals surface area contributed by atoms with Crippen LogP contribution in [0.15, 0.2) is 0 Å². The smallest absolute Gasteiger partial charge is 0.317 e. The van der Waals surface area contributed by atoms with E-state index >= 15 is 0 Å². The molecule has 3 N–H and O–H groups in total. The fraction of sp³-hybridized carbons (Fsp3) is 0.833. The van der Waals surface area contributed by atoms with Gasteiger partial charge in [0.2, 0.25) is 0 Å². The Hall–Kier alpha value is -1.30. The molecule has 0 aromatic rings. The number of rotatable bonds is 8. The molecule has 0 radical (unpaired) electrons. The number of nitrogens with one attached hydrogen (secondary N) is 1. The average molecular weight is 260 g/mol. The van der Waals surface area contributed by atoms with E-state index in [1.54, 1.807) is 0 Å². The molecule has 6 nitrogen and oxygen atoms in total. The third kappa shape index (κ3) is 6.44. The zero-order valence-corrected chi connectivity index (χ0v) is 11.3. The molecule has 2 amide bonds. The molecule has 0 fully saturated rings. The standard InChI is InChI=1S/C12H24N2O4/c1-4-10(7-11(16)17)8-13-12(18)14(5-6-15)9(2)3/h9-10,15H,4-8H2,1-3H3,(H,13,18)(H,16,17). The first-order valence-electron chi connectivity index (χ1n) is 6.29. The van der Waals surface area contributed by atoms with E-state index in [1.165, 1.54) is 4.90 Å². The van der Waals surface area contributed by atoms with Crippen molar-refractivity contribution in [3.63, 3.8) is 0 Å². The minimum absolute atomic E-state index is 0.00306. The molecule has 0 aromatic heterocycles. The number of hydrogen-bond acceptors (Lipinski definition) is 3. The van der Waals surface area contributed by atoms with E-state index in [-0.39, 0.29) is 37.6 Å². The van der Waals surface area contributed by atoms with E-state index < -0.39 is 5.97 Å². The fourth-order valence-corrected chi connectivity index (χ4v) is 1.64. The molecule has 0 aromatic carbocycles. The summed E-state index contributed by atoms with van der Waals surface area (Å²) in [4.78, 5) is 24.0. The van der Waals surface area contributed by atoms with Gasteiger partial charge in [-0.25, -0.2) is 4.79 Å². The van der Waals surface area contributed by atoms with E-state index in [2.05, 4.69) is 5.32 Å². The zero-order valence-electron chi connectivity index (χ0n) is 11.3. The number of amides is 2. The highest BCUT2D eigenvalue weighted by atomic mass is 16.4. The summed E-state index contributed by atoms with van der Waals surface area (Å²) in [5, 5.41) is 20.3. The second-order valence-electron chi connectivity index (χ2n) is 4.57. The van der Waals surface area contributed by atoms with E-state index in [0.29, 0.717) is 13.0 Å². The molecule has 0 aliphatic carbocycles. The topological polar surface area (TPSA) is 89.9 Å². The molecule has 1 atom stereocenters. The molecule has 0 saturated carbocycles. The number of nitrogens with zero attached hydrogens (tertiary/aromatic N) is 1. The summed E-state index contributed by atoms with van der Waals surface area (Å²) in [7, 11) is 0. The van der Waals surface area contributed by atoms with Gasteiger partial charge in [0.05, 0.1) is 6.61 Å². The molecular weight excluding hydrogens is 236 g/mol. The van der Waals surface area contributed by atoms with Crippen LogP contribution in [0.5, 0.6) is 0 Å². The number of aliphatic hydroxyl groups is 1. The monoisotopic (exact) mass is 260 g/mol. The lowest BCUT2D eigenvalue weighted by Crippen LogP contribution is -2.46. The van der Waals surface area contributed by atoms with Crippen molar-refractivity contribution in [2.45, 2.75) is 39.7 Å². The van der Waals surface area contributed by atoms with Crippen LogP contribution in [0.3, 0.4) is 0 Å². The van der Waals surface area contributed by atoms with Gasteiger partial charge in [-0.15, -0.1) is 0 Å². The van der Waals surface area contributed by atoms with Crippen molar-refractivity contribution < 1.29 is 19.8 Å². The van der Waals surface area contributed by atoms with Crippen LogP contribution in [0.1, 0.15) is 33.6 Å². The van der Waals surface area contributed by atoms with Crippen molar-refractivity contribution in [2.75, 3.05) is 19.7 Å². The molecule has 0 aliphatic heterocycles. The summed E-state index contributed by atoms with van der Waals surface area (Å²) in [5.74, 6) is -0.915. The third-order valence-electron chi connectivity index (χ3n) is 2.81. The van der Waals surface area contributed by atoms with Gasteiger partial charge in [0.25, 0.3) is 0 Å². The van der Waals surface area contributed by atoms with E-state index in [9.17, 15) is 9.59 Å².